The van der Waals surface area contributed by atoms with Gasteiger partial charge in [0, 0.05) is 19.3 Å². The van der Waals surface area contributed by atoms with E-state index in [2.05, 4.69) is 93.7 Å². The van der Waals surface area contributed by atoms with Gasteiger partial charge in [0.15, 0.2) is 6.10 Å². The van der Waals surface area contributed by atoms with Gasteiger partial charge in [0.25, 0.3) is 0 Å². The van der Waals surface area contributed by atoms with Crippen LogP contribution in [-0.2, 0) is 28.6 Å². The Morgan fingerprint density at radius 3 is 0.768 bits per heavy atom. The fraction of sp³-hybridized carbons (Fsp3) is 0.803. The minimum absolute atomic E-state index is 0.0749. The summed E-state index contributed by atoms with van der Waals surface area (Å²) in [5.74, 6) is -0.858. The van der Waals surface area contributed by atoms with Gasteiger partial charge < -0.3 is 14.2 Å². The zero-order valence-corrected chi connectivity index (χ0v) is 54.8. The van der Waals surface area contributed by atoms with E-state index in [9.17, 15) is 14.4 Å². The minimum Gasteiger partial charge on any atom is -0.462 e. The Labute approximate surface area is 510 Å². The lowest BCUT2D eigenvalue weighted by Gasteiger charge is -2.18. The predicted octanol–water partition coefficient (Wildman–Crippen LogP) is 24.8. The highest BCUT2D eigenvalue weighted by Crippen LogP contribution is 2.18. The molecule has 0 rings (SSSR count). The van der Waals surface area contributed by atoms with Crippen LogP contribution in [0.4, 0.5) is 0 Å². The van der Waals surface area contributed by atoms with E-state index in [-0.39, 0.29) is 31.1 Å². The van der Waals surface area contributed by atoms with Gasteiger partial charge in [-0.1, -0.05) is 338 Å². The van der Waals surface area contributed by atoms with E-state index in [1.807, 2.05) is 0 Å². The lowest BCUT2D eigenvalue weighted by Crippen LogP contribution is -2.30. The standard InChI is InChI=1S/C76H136O6/c1-4-7-10-13-16-19-22-25-28-31-34-36-38-40-42-45-48-51-54-57-60-63-66-69-75(78)81-72-73(71-80-74(77)68-65-62-59-56-53-50-47-44-41-33-30-27-24-21-18-15-12-9-6-3)82-76(79)70-67-64-61-58-55-52-49-46-43-39-37-35-32-29-26-23-20-17-14-11-8-5-2/h7,10,16,18-19,21,25,27-28,30,34,36,73H,4-6,8-9,11-15,17,20,22-24,26,29,31-33,35,37-72H2,1-3H3/b10-7-,19-16-,21-18-,28-25-,30-27-,36-34-. The number of carbonyl (C=O) groups is 3. The van der Waals surface area contributed by atoms with Gasteiger partial charge in [-0.3, -0.25) is 14.4 Å². The van der Waals surface area contributed by atoms with Crippen LogP contribution >= 0.6 is 0 Å². The number of ether oxygens (including phenoxy) is 3. The third-order valence-corrected chi connectivity index (χ3v) is 15.9. The molecule has 0 radical (unpaired) electrons. The zero-order chi connectivity index (χ0) is 59.2. The number of hydrogen-bond acceptors (Lipinski definition) is 6. The van der Waals surface area contributed by atoms with Crippen molar-refractivity contribution in [1.29, 1.82) is 0 Å². The van der Waals surface area contributed by atoms with Crippen LogP contribution in [0.5, 0.6) is 0 Å². The van der Waals surface area contributed by atoms with E-state index in [4.69, 9.17) is 14.2 Å². The number of carbonyl (C=O) groups excluding carboxylic acids is 3. The average Bonchev–Trinajstić information content (AvgIpc) is 3.48. The summed E-state index contributed by atoms with van der Waals surface area (Å²) in [5.41, 5.74) is 0. The van der Waals surface area contributed by atoms with Crippen LogP contribution < -0.4 is 0 Å². The van der Waals surface area contributed by atoms with Crippen LogP contribution in [-0.4, -0.2) is 37.2 Å². The zero-order valence-electron chi connectivity index (χ0n) is 54.8. The van der Waals surface area contributed by atoms with Crippen LogP contribution in [0.25, 0.3) is 0 Å². The maximum Gasteiger partial charge on any atom is 0.306 e. The van der Waals surface area contributed by atoms with Crippen molar-refractivity contribution in [2.75, 3.05) is 13.2 Å². The lowest BCUT2D eigenvalue weighted by atomic mass is 10.0. The minimum atomic E-state index is -0.779. The van der Waals surface area contributed by atoms with Gasteiger partial charge in [-0.2, -0.15) is 0 Å². The van der Waals surface area contributed by atoms with Crippen LogP contribution in [0.3, 0.4) is 0 Å². The molecule has 476 valence electrons. The highest BCUT2D eigenvalue weighted by atomic mass is 16.6. The van der Waals surface area contributed by atoms with E-state index < -0.39 is 6.10 Å². The van der Waals surface area contributed by atoms with Gasteiger partial charge in [0.1, 0.15) is 13.2 Å². The number of allylic oxidation sites excluding steroid dienone is 12. The van der Waals surface area contributed by atoms with Crippen molar-refractivity contribution in [2.45, 2.75) is 380 Å². The molecule has 0 aromatic heterocycles. The van der Waals surface area contributed by atoms with E-state index in [0.717, 1.165) is 89.9 Å². The SMILES string of the molecule is CC/C=C\C/C=C\C/C=C\C/C=C\CCCCCCCCCCCCC(=O)OCC(COC(=O)CCCCCCCCCCC/C=C\C/C=C\CCCCC)OC(=O)CCCCCCCCCCCCCCCCCCCCCCCC. The summed E-state index contributed by atoms with van der Waals surface area (Å²) < 4.78 is 17.0. The van der Waals surface area contributed by atoms with Crippen LogP contribution in [0, 0.1) is 0 Å². The van der Waals surface area contributed by atoms with Crippen molar-refractivity contribution in [3.8, 4) is 0 Å². The molecule has 0 amide bonds. The van der Waals surface area contributed by atoms with Gasteiger partial charge in [-0.25, -0.2) is 0 Å². The summed E-state index contributed by atoms with van der Waals surface area (Å²) in [6.45, 7) is 6.56. The van der Waals surface area contributed by atoms with Gasteiger partial charge in [-0.15, -0.1) is 0 Å². The van der Waals surface area contributed by atoms with Gasteiger partial charge >= 0.3 is 17.9 Å². The monoisotopic (exact) mass is 1150 g/mol. The first-order chi connectivity index (χ1) is 40.5. The van der Waals surface area contributed by atoms with E-state index in [1.165, 1.54) is 244 Å². The molecule has 0 aliphatic heterocycles. The fourth-order valence-corrected chi connectivity index (χ4v) is 10.6. The van der Waals surface area contributed by atoms with Crippen LogP contribution in [0.15, 0.2) is 72.9 Å². The smallest absolute Gasteiger partial charge is 0.306 e. The summed E-state index contributed by atoms with van der Waals surface area (Å²) in [4.78, 5) is 38.5. The van der Waals surface area contributed by atoms with Gasteiger partial charge in [-0.05, 0) is 89.9 Å². The first kappa shape index (κ1) is 78.8. The maximum absolute atomic E-state index is 13.0. The molecule has 0 N–H and O–H groups in total. The summed E-state index contributed by atoms with van der Waals surface area (Å²) in [6.07, 6.45) is 92.1. The summed E-state index contributed by atoms with van der Waals surface area (Å²) in [6, 6.07) is 0. The summed E-state index contributed by atoms with van der Waals surface area (Å²) in [5, 5.41) is 0. The predicted molar refractivity (Wildman–Crippen MR) is 358 cm³/mol. The van der Waals surface area contributed by atoms with Crippen molar-refractivity contribution < 1.29 is 28.6 Å². The highest BCUT2D eigenvalue weighted by Gasteiger charge is 2.19. The van der Waals surface area contributed by atoms with Crippen LogP contribution in [0.1, 0.15) is 374 Å². The largest absolute Gasteiger partial charge is 0.462 e. The normalized spacial score (nSPS) is 12.5. The van der Waals surface area contributed by atoms with E-state index >= 15 is 0 Å². The molecule has 82 heavy (non-hydrogen) atoms. The van der Waals surface area contributed by atoms with Gasteiger partial charge in [0.05, 0.1) is 0 Å². The number of rotatable bonds is 66. The van der Waals surface area contributed by atoms with Crippen molar-refractivity contribution in [2.24, 2.45) is 0 Å². The van der Waals surface area contributed by atoms with Crippen molar-refractivity contribution in [3.63, 3.8) is 0 Å². The Morgan fingerprint density at radius 1 is 0.256 bits per heavy atom. The van der Waals surface area contributed by atoms with Gasteiger partial charge in [0.2, 0.25) is 0 Å². The Hall–Kier alpha value is -3.15. The number of unbranched alkanes of at least 4 members (excludes halogenated alkanes) is 43. The second-order valence-corrected chi connectivity index (χ2v) is 24.1. The first-order valence-electron chi connectivity index (χ1n) is 35.9. The fourth-order valence-electron chi connectivity index (χ4n) is 10.6. The molecule has 6 heteroatoms. The lowest BCUT2D eigenvalue weighted by molar-refractivity contribution is -0.167. The van der Waals surface area contributed by atoms with E-state index in [0.29, 0.717) is 19.3 Å². The molecule has 0 aliphatic carbocycles. The molecule has 0 saturated carbocycles. The van der Waals surface area contributed by atoms with Crippen molar-refractivity contribution >= 4 is 17.9 Å². The molecule has 0 aromatic carbocycles. The third kappa shape index (κ3) is 67.6. The molecular formula is C76H136O6. The molecule has 1 unspecified atom stereocenters. The summed E-state index contributed by atoms with van der Waals surface area (Å²) >= 11 is 0. The molecule has 0 aliphatic rings. The second kappa shape index (κ2) is 70.3. The molecule has 0 heterocycles. The van der Waals surface area contributed by atoms with Crippen LogP contribution in [0.2, 0.25) is 0 Å². The molecule has 0 spiro atoms. The second-order valence-electron chi connectivity index (χ2n) is 24.1. The topological polar surface area (TPSA) is 78.9 Å². The maximum atomic E-state index is 13.0. The van der Waals surface area contributed by atoms with Crippen molar-refractivity contribution in [3.05, 3.63) is 72.9 Å². The van der Waals surface area contributed by atoms with E-state index in [1.54, 1.807) is 0 Å². The number of esters is 3. The Balaban J connectivity index is 4.34. The molecule has 0 bridgehead atoms. The first-order valence-corrected chi connectivity index (χ1v) is 35.9. The molecule has 0 fully saturated rings. The number of hydrogen-bond donors (Lipinski definition) is 0. The Bertz CT molecular complexity index is 1500. The Kier molecular flexibility index (Phi) is 67.6. The average molecular weight is 1150 g/mol. The van der Waals surface area contributed by atoms with Crippen molar-refractivity contribution in [1.82, 2.24) is 0 Å². The third-order valence-electron chi connectivity index (χ3n) is 15.9. The quantitative estimate of drug-likeness (QED) is 0.0261. The molecular weight excluding hydrogens is 1010 g/mol. The molecule has 0 aromatic rings. The summed E-state index contributed by atoms with van der Waals surface area (Å²) in [7, 11) is 0. The Morgan fingerprint density at radius 2 is 0.476 bits per heavy atom. The highest BCUT2D eigenvalue weighted by molar-refractivity contribution is 5.71. The molecule has 6 nitrogen and oxygen atoms in total. The molecule has 0 saturated heterocycles. The molecule has 1 atom stereocenters.